The van der Waals surface area contributed by atoms with Crippen molar-refractivity contribution in [3.63, 3.8) is 0 Å². The van der Waals surface area contributed by atoms with Crippen molar-refractivity contribution in [1.29, 1.82) is 0 Å². The lowest BCUT2D eigenvalue weighted by Crippen LogP contribution is -2.50. The van der Waals surface area contributed by atoms with Crippen molar-refractivity contribution in [2.45, 2.75) is 17.0 Å². The third-order valence-electron chi connectivity index (χ3n) is 2.30. The number of rotatable bonds is 2. The monoisotopic (exact) mass is 291 g/mol. The normalized spacial score (nSPS) is 28.1. The van der Waals surface area contributed by atoms with E-state index < -0.39 is 5.97 Å². The van der Waals surface area contributed by atoms with Crippen molar-refractivity contribution in [3.05, 3.63) is 24.4 Å². The van der Waals surface area contributed by atoms with Crippen LogP contribution >= 0.6 is 28.7 Å². The Hall–Kier alpha value is -0.750. The van der Waals surface area contributed by atoms with Crippen LogP contribution in [0.1, 0.15) is 6.42 Å². The van der Waals surface area contributed by atoms with Gasteiger partial charge in [0.2, 0.25) is 5.91 Å². The fourth-order valence-electron chi connectivity index (χ4n) is 1.50. The number of fused-ring (bicyclic) bond motifs is 1. The van der Waals surface area contributed by atoms with Crippen LogP contribution in [0.4, 0.5) is 0 Å². The van der Waals surface area contributed by atoms with E-state index in [0.29, 0.717) is 6.42 Å². The van der Waals surface area contributed by atoms with Gasteiger partial charge < -0.3 is 10.0 Å². The first kappa shape index (κ1) is 12.3. The molecule has 6 heteroatoms. The van der Waals surface area contributed by atoms with Gasteiger partial charge in [0.25, 0.3) is 0 Å². The van der Waals surface area contributed by atoms with Gasteiger partial charge in [0.1, 0.15) is 0 Å². The minimum absolute atomic E-state index is 0. The van der Waals surface area contributed by atoms with E-state index in [1.807, 2.05) is 0 Å². The topological polar surface area (TPSA) is 57.6 Å². The molecular formula is C9H10BrNO3S. The first-order valence-electron chi connectivity index (χ1n) is 4.17. The molecule has 0 bridgehead atoms. The first-order valence-corrected chi connectivity index (χ1v) is 5.12. The van der Waals surface area contributed by atoms with Crippen LogP contribution in [-0.4, -0.2) is 32.5 Å². The molecule has 1 N–H and O–H groups in total. The summed E-state index contributed by atoms with van der Waals surface area (Å²) in [6.07, 6.45) is 3.53. The average molecular weight is 292 g/mol. The molecule has 82 valence electrons. The Balaban J connectivity index is 0.00000112. The van der Waals surface area contributed by atoms with Crippen molar-refractivity contribution < 1.29 is 14.7 Å². The smallest absolute Gasteiger partial charge is 0.334 e. The molecule has 0 radical (unpaired) electrons. The van der Waals surface area contributed by atoms with E-state index in [4.69, 9.17) is 5.11 Å². The molecule has 0 aromatic rings. The molecular weight excluding hydrogens is 282 g/mol. The Morgan fingerprint density at radius 2 is 2.40 bits per heavy atom. The maximum Gasteiger partial charge on any atom is 0.334 e. The molecule has 2 aliphatic rings. The number of halogens is 1. The van der Waals surface area contributed by atoms with Gasteiger partial charge in [-0.2, -0.15) is 0 Å². The molecule has 0 saturated carbocycles. The van der Waals surface area contributed by atoms with Crippen molar-refractivity contribution >= 4 is 40.6 Å². The zero-order valence-electron chi connectivity index (χ0n) is 7.75. The second-order valence-electron chi connectivity index (χ2n) is 3.14. The Morgan fingerprint density at radius 3 is 2.87 bits per heavy atom. The van der Waals surface area contributed by atoms with Crippen LogP contribution in [-0.2, 0) is 9.59 Å². The summed E-state index contributed by atoms with van der Waals surface area (Å²) in [4.78, 5) is 23.4. The van der Waals surface area contributed by atoms with Crippen LogP contribution in [0.15, 0.2) is 24.4 Å². The number of nitrogens with zero attached hydrogens (tertiary/aromatic N) is 1. The fraction of sp³-hybridized carbons (Fsp3) is 0.333. The van der Waals surface area contributed by atoms with Crippen LogP contribution in [0.5, 0.6) is 0 Å². The van der Waals surface area contributed by atoms with Gasteiger partial charge in [-0.1, -0.05) is 6.08 Å². The lowest BCUT2D eigenvalue weighted by atomic mass is 10.1. The number of aliphatic carboxylic acids is 1. The molecule has 2 atom stereocenters. The van der Waals surface area contributed by atoms with E-state index in [9.17, 15) is 9.59 Å². The maximum atomic E-state index is 11.1. The quantitative estimate of drug-likeness (QED) is 0.617. The first-order chi connectivity index (χ1) is 6.63. The number of β-lactam (4-membered cyclic amide) rings is 1. The van der Waals surface area contributed by atoms with E-state index in [-0.39, 0.29) is 39.1 Å². The predicted octanol–water partition coefficient (Wildman–Crippen LogP) is 1.39. The standard InChI is InChI=1S/C9H9NO3S.BrH/c1-2-6-5(9(12)13)4-10-7(11)3-8(10)14-6;/h2,4,6,8H,1,3H2,(H,12,13);1H/t6?,8-;/m1./s1. The molecule has 2 rings (SSSR count). The van der Waals surface area contributed by atoms with Crippen LogP contribution in [0.25, 0.3) is 0 Å². The zero-order chi connectivity index (χ0) is 10.3. The second-order valence-corrected chi connectivity index (χ2v) is 4.47. The number of amides is 1. The summed E-state index contributed by atoms with van der Waals surface area (Å²) in [5, 5.41) is 8.79. The molecule has 1 saturated heterocycles. The predicted molar refractivity (Wildman–Crippen MR) is 62.9 cm³/mol. The zero-order valence-corrected chi connectivity index (χ0v) is 10.3. The van der Waals surface area contributed by atoms with Gasteiger partial charge in [-0.25, -0.2) is 4.79 Å². The van der Waals surface area contributed by atoms with E-state index in [0.717, 1.165) is 0 Å². The van der Waals surface area contributed by atoms with Crippen LogP contribution < -0.4 is 0 Å². The van der Waals surface area contributed by atoms with Gasteiger partial charge in [0, 0.05) is 6.20 Å². The SMILES string of the molecule is Br.C=CC1S[C@@H]2CC(=O)N2C=C1C(=O)O. The number of carboxylic acids is 1. The highest BCUT2D eigenvalue weighted by Crippen LogP contribution is 2.40. The summed E-state index contributed by atoms with van der Waals surface area (Å²) >= 11 is 1.46. The molecule has 0 aliphatic carbocycles. The molecule has 0 spiro atoms. The maximum absolute atomic E-state index is 11.1. The molecule has 2 aliphatic heterocycles. The van der Waals surface area contributed by atoms with Crippen molar-refractivity contribution in [1.82, 2.24) is 4.90 Å². The van der Waals surface area contributed by atoms with Gasteiger partial charge >= 0.3 is 5.97 Å². The Labute approximate surface area is 102 Å². The molecule has 4 nitrogen and oxygen atoms in total. The largest absolute Gasteiger partial charge is 0.478 e. The molecule has 0 aromatic heterocycles. The van der Waals surface area contributed by atoms with E-state index in [1.54, 1.807) is 6.08 Å². The lowest BCUT2D eigenvalue weighted by Gasteiger charge is -2.42. The fourth-order valence-corrected chi connectivity index (χ4v) is 2.80. The number of carbonyl (C=O) groups is 2. The average Bonchev–Trinajstić information content (AvgIpc) is 2.14. The van der Waals surface area contributed by atoms with Crippen LogP contribution in [0.3, 0.4) is 0 Å². The minimum Gasteiger partial charge on any atom is -0.478 e. The minimum atomic E-state index is -0.986. The van der Waals surface area contributed by atoms with Gasteiger partial charge in [-0.05, 0) is 0 Å². The highest BCUT2D eigenvalue weighted by Gasteiger charge is 2.42. The van der Waals surface area contributed by atoms with Crippen molar-refractivity contribution in [2.75, 3.05) is 0 Å². The third-order valence-corrected chi connectivity index (χ3v) is 3.74. The highest BCUT2D eigenvalue weighted by molar-refractivity contribution is 8.93. The van der Waals surface area contributed by atoms with Gasteiger partial charge in [0.15, 0.2) is 0 Å². The summed E-state index contributed by atoms with van der Waals surface area (Å²) in [7, 11) is 0. The van der Waals surface area contributed by atoms with Crippen molar-refractivity contribution in [2.24, 2.45) is 0 Å². The molecule has 15 heavy (non-hydrogen) atoms. The summed E-state index contributed by atoms with van der Waals surface area (Å²) < 4.78 is 0. The van der Waals surface area contributed by atoms with E-state index in [2.05, 4.69) is 6.58 Å². The van der Waals surface area contributed by atoms with Crippen LogP contribution in [0, 0.1) is 0 Å². The summed E-state index contributed by atoms with van der Waals surface area (Å²) in [6, 6.07) is 0. The molecule has 2 heterocycles. The van der Waals surface area contributed by atoms with Crippen molar-refractivity contribution in [3.8, 4) is 0 Å². The van der Waals surface area contributed by atoms with Crippen LogP contribution in [0.2, 0.25) is 0 Å². The lowest BCUT2D eigenvalue weighted by molar-refractivity contribution is -0.137. The number of carbonyl (C=O) groups excluding carboxylic acids is 1. The Morgan fingerprint density at radius 1 is 1.73 bits per heavy atom. The highest BCUT2D eigenvalue weighted by atomic mass is 79.9. The molecule has 1 fully saturated rings. The number of hydrogen-bond acceptors (Lipinski definition) is 3. The summed E-state index contributed by atoms with van der Waals surface area (Å²) in [5.41, 5.74) is 0.231. The number of hydrogen-bond donors (Lipinski definition) is 1. The number of carboxylic acid groups (broad SMARTS) is 1. The van der Waals surface area contributed by atoms with E-state index in [1.165, 1.54) is 22.9 Å². The van der Waals surface area contributed by atoms with Gasteiger partial charge in [-0.15, -0.1) is 35.3 Å². The second kappa shape index (κ2) is 4.40. The van der Waals surface area contributed by atoms with Gasteiger partial charge in [-0.3, -0.25) is 4.79 Å². The Bertz CT molecular complexity index is 355. The molecule has 1 unspecified atom stereocenters. The summed E-state index contributed by atoms with van der Waals surface area (Å²) in [6.45, 7) is 3.59. The van der Waals surface area contributed by atoms with E-state index >= 15 is 0 Å². The van der Waals surface area contributed by atoms with Gasteiger partial charge in [0.05, 0.1) is 22.6 Å². The molecule has 1 amide bonds. The Kier molecular flexibility index (Phi) is 3.62. The molecule has 0 aromatic carbocycles. The summed E-state index contributed by atoms with van der Waals surface area (Å²) in [5.74, 6) is -0.996. The third kappa shape index (κ3) is 1.96. The number of thioether (sulfide) groups is 1.